The van der Waals surface area contributed by atoms with Crippen molar-refractivity contribution in [3.8, 4) is 0 Å². The van der Waals surface area contributed by atoms with E-state index in [1.807, 2.05) is 6.07 Å². The van der Waals surface area contributed by atoms with Gasteiger partial charge in [-0.2, -0.15) is 13.2 Å². The standard InChI is InChI=1S/C24H24Cl2F3N5O2/c25-15-4-3-13(11-30-21(36)23(5-6-23)24(27,28)29)8-17(15)31-22-32-18-9-16(26)20(10-19(18)33-22)34-7-1-2-14(34)12-35/h3-4,8-10,14,35H,1-2,5-7,11-12H2,(H,30,36)(H2,31,32,33). The molecule has 1 aromatic heterocycles. The minimum absolute atomic E-state index is 0.0180. The van der Waals surface area contributed by atoms with E-state index in [2.05, 4.69) is 25.5 Å². The summed E-state index contributed by atoms with van der Waals surface area (Å²) in [6, 6.07) is 8.55. The number of nitrogens with zero attached hydrogens (tertiary/aromatic N) is 2. The Bertz CT molecular complexity index is 1310. The van der Waals surface area contributed by atoms with Crippen molar-refractivity contribution in [3.05, 3.63) is 45.9 Å². The highest BCUT2D eigenvalue weighted by Gasteiger charge is 2.68. The van der Waals surface area contributed by atoms with Crippen LogP contribution in [0.3, 0.4) is 0 Å². The zero-order chi connectivity index (χ0) is 25.7. The number of carbonyl (C=O) groups excluding carboxylic acids is 1. The molecule has 2 aromatic carbocycles. The maximum atomic E-state index is 13.2. The van der Waals surface area contributed by atoms with Gasteiger partial charge in [0.15, 0.2) is 0 Å². The molecule has 2 heterocycles. The largest absolute Gasteiger partial charge is 0.403 e. The molecule has 12 heteroatoms. The Labute approximate surface area is 215 Å². The lowest BCUT2D eigenvalue weighted by Gasteiger charge is -2.26. The van der Waals surface area contributed by atoms with E-state index in [1.165, 1.54) is 0 Å². The summed E-state index contributed by atoms with van der Waals surface area (Å²) in [6.45, 7) is 0.784. The minimum atomic E-state index is -4.55. The molecule has 2 fully saturated rings. The van der Waals surface area contributed by atoms with Crippen LogP contribution in [-0.4, -0.2) is 46.4 Å². The summed E-state index contributed by atoms with van der Waals surface area (Å²) in [5.74, 6) is -0.610. The number of nitrogens with one attached hydrogen (secondary N) is 3. The molecular formula is C24H24Cl2F3N5O2. The number of H-pyrrole nitrogens is 1. The van der Waals surface area contributed by atoms with Crippen LogP contribution in [-0.2, 0) is 11.3 Å². The van der Waals surface area contributed by atoms with Gasteiger partial charge < -0.3 is 25.6 Å². The van der Waals surface area contributed by atoms with Gasteiger partial charge in [-0.15, -0.1) is 0 Å². The van der Waals surface area contributed by atoms with Crippen LogP contribution in [0.2, 0.25) is 10.0 Å². The lowest BCUT2D eigenvalue weighted by Crippen LogP contribution is -2.40. The molecule has 1 atom stereocenters. The predicted octanol–water partition coefficient (Wildman–Crippen LogP) is 5.53. The summed E-state index contributed by atoms with van der Waals surface area (Å²) in [4.78, 5) is 22.0. The van der Waals surface area contributed by atoms with Crippen LogP contribution in [0, 0.1) is 5.41 Å². The summed E-state index contributed by atoms with van der Waals surface area (Å²) in [7, 11) is 0. The number of aromatic nitrogens is 2. The summed E-state index contributed by atoms with van der Waals surface area (Å²) in [6.07, 6.45) is -3.07. The van der Waals surface area contributed by atoms with Gasteiger partial charge in [0.2, 0.25) is 11.9 Å². The van der Waals surface area contributed by atoms with Crippen molar-refractivity contribution < 1.29 is 23.1 Å². The number of aromatic amines is 1. The molecule has 4 N–H and O–H groups in total. The fourth-order valence-electron chi connectivity index (χ4n) is 4.66. The maximum absolute atomic E-state index is 13.2. The van der Waals surface area contributed by atoms with Crippen molar-refractivity contribution in [1.82, 2.24) is 15.3 Å². The third kappa shape index (κ3) is 4.57. The topological polar surface area (TPSA) is 93.3 Å². The molecule has 7 nitrogen and oxygen atoms in total. The van der Waals surface area contributed by atoms with Gasteiger partial charge in [0.1, 0.15) is 5.41 Å². The van der Waals surface area contributed by atoms with E-state index in [0.717, 1.165) is 25.1 Å². The number of alkyl halides is 3. The molecule has 0 bridgehead atoms. The quantitative estimate of drug-likeness (QED) is 0.315. The van der Waals surface area contributed by atoms with E-state index in [9.17, 15) is 23.1 Å². The average Bonchev–Trinajstić information content (AvgIpc) is 3.38. The molecular weight excluding hydrogens is 518 g/mol. The number of rotatable bonds is 7. The van der Waals surface area contributed by atoms with Crippen molar-refractivity contribution in [1.29, 1.82) is 0 Å². The van der Waals surface area contributed by atoms with Crippen LogP contribution in [0.5, 0.6) is 0 Å². The van der Waals surface area contributed by atoms with E-state index in [1.54, 1.807) is 24.3 Å². The number of imidazole rings is 1. The van der Waals surface area contributed by atoms with Crippen molar-refractivity contribution in [2.24, 2.45) is 5.41 Å². The zero-order valence-electron chi connectivity index (χ0n) is 19.1. The molecule has 0 radical (unpaired) electrons. The van der Waals surface area contributed by atoms with Crippen LogP contribution >= 0.6 is 23.2 Å². The summed E-state index contributed by atoms with van der Waals surface area (Å²) < 4.78 is 39.5. The molecule has 192 valence electrons. The average molecular weight is 542 g/mol. The van der Waals surface area contributed by atoms with E-state index in [-0.39, 0.29) is 32.0 Å². The summed E-state index contributed by atoms with van der Waals surface area (Å²) >= 11 is 12.9. The van der Waals surface area contributed by atoms with Gasteiger partial charge in [0, 0.05) is 13.1 Å². The van der Waals surface area contributed by atoms with Crippen LogP contribution < -0.4 is 15.5 Å². The molecule has 1 saturated carbocycles. The molecule has 1 aliphatic heterocycles. The highest BCUT2D eigenvalue weighted by Crippen LogP contribution is 2.57. The molecule has 1 unspecified atom stereocenters. The second-order valence-electron chi connectivity index (χ2n) is 9.28. The van der Waals surface area contributed by atoms with Crippen molar-refractivity contribution in [3.63, 3.8) is 0 Å². The van der Waals surface area contributed by atoms with Crippen LogP contribution in [0.15, 0.2) is 30.3 Å². The lowest BCUT2D eigenvalue weighted by atomic mass is 10.1. The molecule has 36 heavy (non-hydrogen) atoms. The Kier molecular flexibility index (Phi) is 6.46. The van der Waals surface area contributed by atoms with Crippen molar-refractivity contribution in [2.45, 2.75) is 44.4 Å². The van der Waals surface area contributed by atoms with Gasteiger partial charge >= 0.3 is 6.18 Å². The zero-order valence-corrected chi connectivity index (χ0v) is 20.6. The maximum Gasteiger partial charge on any atom is 0.403 e. The van der Waals surface area contributed by atoms with Crippen LogP contribution in [0.25, 0.3) is 11.0 Å². The number of hydrogen-bond acceptors (Lipinski definition) is 5. The van der Waals surface area contributed by atoms with Gasteiger partial charge in [0.25, 0.3) is 0 Å². The second-order valence-corrected chi connectivity index (χ2v) is 10.1. The summed E-state index contributed by atoms with van der Waals surface area (Å²) in [5.41, 5.74) is 0.974. The number of fused-ring (bicyclic) bond motifs is 1. The SMILES string of the molecule is O=C(NCc1ccc(Cl)c(Nc2nc3cc(N4CCCC4CO)c(Cl)cc3[nH]2)c1)C1(C(F)(F)F)CC1. The first-order valence-corrected chi connectivity index (χ1v) is 12.3. The Hall–Kier alpha value is -2.69. The molecule has 1 amide bonds. The molecule has 5 rings (SSSR count). The Morgan fingerprint density at radius 2 is 2.00 bits per heavy atom. The molecule has 1 saturated heterocycles. The fraction of sp³-hybridized carbons (Fsp3) is 0.417. The van der Waals surface area contributed by atoms with Crippen LogP contribution in [0.4, 0.5) is 30.5 Å². The number of carbonyl (C=O) groups is 1. The molecule has 3 aromatic rings. The first-order chi connectivity index (χ1) is 17.1. The smallest absolute Gasteiger partial charge is 0.394 e. The number of aliphatic hydroxyl groups excluding tert-OH is 1. The first-order valence-electron chi connectivity index (χ1n) is 11.6. The fourth-order valence-corrected chi connectivity index (χ4v) is 5.10. The van der Waals surface area contributed by atoms with Crippen molar-refractivity contribution in [2.75, 3.05) is 23.4 Å². The second kappa shape index (κ2) is 9.32. The van der Waals surface area contributed by atoms with Gasteiger partial charge in [-0.1, -0.05) is 29.3 Å². The van der Waals surface area contributed by atoms with E-state index in [4.69, 9.17) is 23.2 Å². The number of anilines is 3. The number of aliphatic hydroxyl groups is 1. The number of halogens is 5. The predicted molar refractivity (Wildman–Crippen MR) is 133 cm³/mol. The first kappa shape index (κ1) is 25.0. The molecule has 2 aliphatic rings. The highest BCUT2D eigenvalue weighted by atomic mass is 35.5. The van der Waals surface area contributed by atoms with E-state index >= 15 is 0 Å². The Morgan fingerprint density at radius 1 is 1.22 bits per heavy atom. The van der Waals surface area contributed by atoms with Gasteiger partial charge in [-0.3, -0.25) is 4.79 Å². The third-order valence-corrected chi connectivity index (χ3v) is 7.54. The normalized spacial score (nSPS) is 19.1. The monoisotopic (exact) mass is 541 g/mol. The van der Waals surface area contributed by atoms with E-state index in [0.29, 0.717) is 38.3 Å². The Balaban J connectivity index is 1.32. The lowest BCUT2D eigenvalue weighted by molar-refractivity contribution is -0.192. The van der Waals surface area contributed by atoms with Crippen molar-refractivity contribution >= 4 is 57.5 Å². The number of amides is 1. The number of benzene rings is 2. The van der Waals surface area contributed by atoms with E-state index < -0.39 is 17.5 Å². The number of hydrogen-bond donors (Lipinski definition) is 4. The molecule has 1 aliphatic carbocycles. The molecule has 0 spiro atoms. The van der Waals surface area contributed by atoms with Crippen LogP contribution in [0.1, 0.15) is 31.2 Å². The summed E-state index contributed by atoms with van der Waals surface area (Å²) in [5, 5.41) is 16.1. The third-order valence-electron chi connectivity index (χ3n) is 6.91. The van der Waals surface area contributed by atoms with Gasteiger partial charge in [-0.05, 0) is 55.5 Å². The van der Waals surface area contributed by atoms with Gasteiger partial charge in [-0.25, -0.2) is 4.98 Å². The Morgan fingerprint density at radius 3 is 2.69 bits per heavy atom. The van der Waals surface area contributed by atoms with Gasteiger partial charge in [0.05, 0.1) is 45.1 Å². The minimum Gasteiger partial charge on any atom is -0.394 e. The highest BCUT2D eigenvalue weighted by molar-refractivity contribution is 6.34.